The average Bonchev–Trinajstić information content (AvgIpc) is 2.70. The van der Waals surface area contributed by atoms with Gasteiger partial charge in [0.05, 0.1) is 18.0 Å². The third-order valence-electron chi connectivity index (χ3n) is 3.83. The van der Waals surface area contributed by atoms with Crippen LogP contribution in [0.25, 0.3) is 6.08 Å². The largest absolute Gasteiger partial charge is 0.449 e. The van der Waals surface area contributed by atoms with Crippen LogP contribution >= 0.6 is 0 Å². The number of carbonyl (C=O) groups excluding carboxylic acids is 1. The number of ether oxygens (including phenoxy) is 1. The maximum Gasteiger partial charge on any atom is 0.418 e. The molecule has 0 bridgehead atoms. The van der Waals surface area contributed by atoms with Crippen molar-refractivity contribution in [3.63, 3.8) is 0 Å². The van der Waals surface area contributed by atoms with Crippen molar-refractivity contribution in [3.8, 4) is 0 Å². The predicted molar refractivity (Wildman–Crippen MR) is 106 cm³/mol. The lowest BCUT2D eigenvalue weighted by Crippen LogP contribution is -2.27. The molecule has 0 aliphatic carbocycles. The Morgan fingerprint density at radius 3 is 1.81 bits per heavy atom. The van der Waals surface area contributed by atoms with E-state index in [0.29, 0.717) is 13.0 Å². The van der Waals surface area contributed by atoms with Gasteiger partial charge in [-0.1, -0.05) is 78.9 Å². The van der Waals surface area contributed by atoms with Crippen molar-refractivity contribution >= 4 is 23.5 Å². The van der Waals surface area contributed by atoms with Crippen LogP contribution in [-0.4, -0.2) is 12.7 Å². The monoisotopic (exact) mass is 343 g/mol. The van der Waals surface area contributed by atoms with Gasteiger partial charge in [-0.2, -0.15) is 0 Å². The molecule has 130 valence electrons. The van der Waals surface area contributed by atoms with Crippen LogP contribution in [0.3, 0.4) is 0 Å². The van der Waals surface area contributed by atoms with Gasteiger partial charge in [0, 0.05) is 0 Å². The van der Waals surface area contributed by atoms with Gasteiger partial charge in [-0.15, -0.1) is 0 Å². The first kappa shape index (κ1) is 17.5. The maximum absolute atomic E-state index is 12.7. The summed E-state index contributed by atoms with van der Waals surface area (Å²) in [4.78, 5) is 14.2. The number of benzene rings is 3. The first-order valence-corrected chi connectivity index (χ1v) is 8.63. The van der Waals surface area contributed by atoms with Crippen molar-refractivity contribution in [3.05, 3.63) is 103 Å². The van der Waals surface area contributed by atoms with Crippen LogP contribution < -0.4 is 4.90 Å². The Balaban J connectivity index is 1.62. The fraction of sp³-hybridized carbons (Fsp3) is 0.0870. The topological polar surface area (TPSA) is 29.5 Å². The number of amides is 1. The fourth-order valence-electron chi connectivity index (χ4n) is 2.58. The molecule has 0 spiro atoms. The molecule has 0 aromatic heterocycles. The highest BCUT2D eigenvalue weighted by molar-refractivity contribution is 5.95. The van der Waals surface area contributed by atoms with Gasteiger partial charge < -0.3 is 4.74 Å². The van der Waals surface area contributed by atoms with E-state index >= 15 is 0 Å². The lowest BCUT2D eigenvalue weighted by molar-refractivity contribution is 0.158. The smallest absolute Gasteiger partial charge is 0.418 e. The number of para-hydroxylation sites is 2. The molecule has 0 fully saturated rings. The van der Waals surface area contributed by atoms with Crippen molar-refractivity contribution in [2.24, 2.45) is 0 Å². The highest BCUT2D eigenvalue weighted by Crippen LogP contribution is 2.25. The van der Waals surface area contributed by atoms with Crippen LogP contribution in [0.5, 0.6) is 0 Å². The van der Waals surface area contributed by atoms with Crippen LogP contribution in [0, 0.1) is 0 Å². The van der Waals surface area contributed by atoms with Gasteiger partial charge in [-0.3, -0.25) is 0 Å². The quantitative estimate of drug-likeness (QED) is 0.509. The van der Waals surface area contributed by atoms with Crippen LogP contribution in [0.1, 0.15) is 12.0 Å². The van der Waals surface area contributed by atoms with E-state index in [1.165, 1.54) is 0 Å². The average molecular weight is 343 g/mol. The molecule has 0 unspecified atom stereocenters. The number of hydrogen-bond acceptors (Lipinski definition) is 2. The second-order valence-corrected chi connectivity index (χ2v) is 5.72. The van der Waals surface area contributed by atoms with Gasteiger partial charge in [0.15, 0.2) is 0 Å². The summed E-state index contributed by atoms with van der Waals surface area (Å²) in [6.45, 7) is 0.332. The highest BCUT2D eigenvalue weighted by Gasteiger charge is 2.18. The van der Waals surface area contributed by atoms with Crippen LogP contribution in [0.2, 0.25) is 0 Å². The summed E-state index contributed by atoms with van der Waals surface area (Å²) in [5.41, 5.74) is 2.70. The van der Waals surface area contributed by atoms with E-state index in [9.17, 15) is 4.79 Å². The second-order valence-electron chi connectivity index (χ2n) is 5.72. The number of rotatable bonds is 6. The molecule has 3 heteroatoms. The molecule has 3 aromatic carbocycles. The Morgan fingerprint density at radius 2 is 1.27 bits per heavy atom. The minimum absolute atomic E-state index is 0.332. The molecule has 1 amide bonds. The van der Waals surface area contributed by atoms with E-state index in [1.54, 1.807) is 4.90 Å². The summed E-state index contributed by atoms with van der Waals surface area (Å²) >= 11 is 0. The molecule has 0 aliphatic rings. The van der Waals surface area contributed by atoms with Gasteiger partial charge in [0.25, 0.3) is 0 Å². The van der Waals surface area contributed by atoms with Crippen LogP contribution in [0.4, 0.5) is 16.2 Å². The molecule has 0 atom stereocenters. The summed E-state index contributed by atoms with van der Waals surface area (Å²) in [6, 6.07) is 29.1. The van der Waals surface area contributed by atoms with Crippen LogP contribution in [-0.2, 0) is 4.74 Å². The first-order valence-electron chi connectivity index (χ1n) is 8.63. The zero-order valence-electron chi connectivity index (χ0n) is 14.5. The van der Waals surface area contributed by atoms with Gasteiger partial charge in [-0.05, 0) is 36.2 Å². The van der Waals surface area contributed by atoms with Crippen molar-refractivity contribution in [1.82, 2.24) is 0 Å². The molecule has 0 aliphatic heterocycles. The minimum atomic E-state index is -0.379. The lowest BCUT2D eigenvalue weighted by Gasteiger charge is -2.22. The third-order valence-corrected chi connectivity index (χ3v) is 3.83. The van der Waals surface area contributed by atoms with E-state index in [-0.39, 0.29) is 6.09 Å². The maximum atomic E-state index is 12.7. The van der Waals surface area contributed by atoms with Gasteiger partial charge in [0.1, 0.15) is 0 Å². The van der Waals surface area contributed by atoms with Crippen molar-refractivity contribution in [1.29, 1.82) is 0 Å². The van der Waals surface area contributed by atoms with Crippen molar-refractivity contribution in [2.75, 3.05) is 11.5 Å². The molecule has 3 rings (SSSR count). The molecule has 26 heavy (non-hydrogen) atoms. The summed E-state index contributed by atoms with van der Waals surface area (Å²) < 4.78 is 5.49. The molecular formula is C23H21NO2. The lowest BCUT2D eigenvalue weighted by atomic mass is 10.2. The zero-order valence-corrected chi connectivity index (χ0v) is 14.5. The Labute approximate surface area is 154 Å². The zero-order chi connectivity index (χ0) is 18.0. The van der Waals surface area contributed by atoms with Gasteiger partial charge in [0.2, 0.25) is 0 Å². The number of hydrogen-bond donors (Lipinski definition) is 0. The molecule has 0 N–H and O–H groups in total. The Bertz CT molecular complexity index is 790. The Hall–Kier alpha value is -3.33. The number of nitrogens with zero attached hydrogens (tertiary/aromatic N) is 1. The molecule has 3 nitrogen and oxygen atoms in total. The third kappa shape index (κ3) is 4.84. The molecule has 3 aromatic rings. The first-order chi connectivity index (χ1) is 12.8. The molecule has 0 heterocycles. The number of anilines is 2. The second kappa shape index (κ2) is 9.23. The molecular weight excluding hydrogens is 322 g/mol. The van der Waals surface area contributed by atoms with Crippen molar-refractivity contribution < 1.29 is 9.53 Å². The normalized spacial score (nSPS) is 10.6. The summed E-state index contributed by atoms with van der Waals surface area (Å²) in [7, 11) is 0. The Morgan fingerprint density at radius 1 is 0.769 bits per heavy atom. The van der Waals surface area contributed by atoms with Crippen LogP contribution in [0.15, 0.2) is 97.1 Å². The van der Waals surface area contributed by atoms with E-state index < -0.39 is 0 Å². The molecule has 0 saturated carbocycles. The Kier molecular flexibility index (Phi) is 6.21. The van der Waals surface area contributed by atoms with Gasteiger partial charge >= 0.3 is 6.09 Å². The summed E-state index contributed by atoms with van der Waals surface area (Å²) in [5, 5.41) is 0. The highest BCUT2D eigenvalue weighted by atomic mass is 16.6. The van der Waals surface area contributed by atoms with Gasteiger partial charge in [-0.25, -0.2) is 9.69 Å². The fourth-order valence-corrected chi connectivity index (χ4v) is 2.58. The number of carbonyl (C=O) groups is 1. The SMILES string of the molecule is O=C(OCCC=Cc1ccccc1)N(c1ccccc1)c1ccccc1. The predicted octanol–water partition coefficient (Wildman–Crippen LogP) is 6.06. The molecule has 0 saturated heterocycles. The summed E-state index contributed by atoms with van der Waals surface area (Å²) in [6.07, 6.45) is 4.33. The van der Waals surface area contributed by atoms with E-state index in [0.717, 1.165) is 16.9 Å². The summed E-state index contributed by atoms with van der Waals surface area (Å²) in [5.74, 6) is 0. The van der Waals surface area contributed by atoms with E-state index in [1.807, 2.05) is 103 Å². The van der Waals surface area contributed by atoms with Crippen molar-refractivity contribution in [2.45, 2.75) is 6.42 Å². The minimum Gasteiger partial charge on any atom is -0.449 e. The molecule has 0 radical (unpaired) electrons. The van der Waals surface area contributed by atoms with E-state index in [4.69, 9.17) is 4.74 Å². The van der Waals surface area contributed by atoms with E-state index in [2.05, 4.69) is 0 Å². The standard InChI is InChI=1S/C23H21NO2/c25-23(26-19-11-10-14-20-12-4-1-5-13-20)24(21-15-6-2-7-16-21)22-17-8-3-9-18-22/h1-10,12-18H,11,19H2.